The minimum Gasteiger partial charge on any atom is -0.493 e. The normalized spacial score (nSPS) is 12.1. The van der Waals surface area contributed by atoms with Crippen molar-refractivity contribution in [1.29, 1.82) is 0 Å². The molecule has 1 atom stereocenters. The lowest BCUT2D eigenvalue weighted by molar-refractivity contribution is 0.231. The molecule has 1 unspecified atom stereocenters. The minimum atomic E-state index is 0.657. The molecule has 204 valence electrons. The van der Waals surface area contributed by atoms with Crippen LogP contribution in [0.1, 0.15) is 155 Å². The topological polar surface area (TPSA) is 18.5 Å². The first-order valence-corrected chi connectivity index (χ1v) is 15.6. The van der Waals surface area contributed by atoms with E-state index in [2.05, 4.69) is 45.9 Å². The molecule has 0 aliphatic heterocycles. The van der Waals surface area contributed by atoms with Crippen molar-refractivity contribution in [3.63, 3.8) is 0 Å². The first-order valence-electron chi connectivity index (χ1n) is 15.6. The van der Waals surface area contributed by atoms with Crippen LogP contribution in [-0.2, 0) is 6.42 Å². The first kappa shape index (κ1) is 31.8. The summed E-state index contributed by atoms with van der Waals surface area (Å²) in [5.41, 5.74) is 1.37. The van der Waals surface area contributed by atoms with Crippen molar-refractivity contribution in [2.24, 2.45) is 5.92 Å². The molecular formula is C33H60O2. The number of aryl methyl sites for hydroxylation is 1. The number of ether oxygens (including phenoxy) is 2. The summed E-state index contributed by atoms with van der Waals surface area (Å²) < 4.78 is 12.3. The molecule has 0 aliphatic rings. The number of hydrogen-bond acceptors (Lipinski definition) is 2. The Morgan fingerprint density at radius 3 is 1.60 bits per heavy atom. The highest BCUT2D eigenvalue weighted by Gasteiger charge is 2.09. The van der Waals surface area contributed by atoms with Crippen molar-refractivity contribution >= 4 is 0 Å². The van der Waals surface area contributed by atoms with Gasteiger partial charge < -0.3 is 9.47 Å². The van der Waals surface area contributed by atoms with Gasteiger partial charge in [0.05, 0.1) is 13.2 Å². The van der Waals surface area contributed by atoms with Crippen molar-refractivity contribution in [2.45, 2.75) is 156 Å². The van der Waals surface area contributed by atoms with E-state index in [4.69, 9.17) is 9.47 Å². The Kier molecular flexibility index (Phi) is 21.1. The number of rotatable bonds is 25. The van der Waals surface area contributed by atoms with Crippen molar-refractivity contribution < 1.29 is 9.47 Å². The molecule has 2 heteroatoms. The summed E-state index contributed by atoms with van der Waals surface area (Å²) in [5, 5.41) is 0. The van der Waals surface area contributed by atoms with Gasteiger partial charge in [-0.1, -0.05) is 130 Å². The first-order chi connectivity index (χ1) is 17.2. The molecule has 1 aromatic rings. The van der Waals surface area contributed by atoms with Gasteiger partial charge >= 0.3 is 0 Å². The molecule has 0 heterocycles. The fourth-order valence-corrected chi connectivity index (χ4v) is 4.74. The van der Waals surface area contributed by atoms with Gasteiger partial charge in [0, 0.05) is 6.07 Å². The van der Waals surface area contributed by atoms with Crippen LogP contribution in [0.3, 0.4) is 0 Å². The average Bonchev–Trinajstić information content (AvgIpc) is 2.87. The summed E-state index contributed by atoms with van der Waals surface area (Å²) in [4.78, 5) is 0. The van der Waals surface area contributed by atoms with Crippen LogP contribution in [0.5, 0.6) is 11.5 Å². The van der Waals surface area contributed by atoms with E-state index >= 15 is 0 Å². The monoisotopic (exact) mass is 488 g/mol. The molecule has 0 spiro atoms. The molecule has 0 aliphatic carbocycles. The zero-order valence-corrected chi connectivity index (χ0v) is 24.2. The summed E-state index contributed by atoms with van der Waals surface area (Å²) in [6.07, 6.45) is 26.7. The second kappa shape index (κ2) is 23.2. The van der Waals surface area contributed by atoms with Gasteiger partial charge in [-0.05, 0) is 49.3 Å². The van der Waals surface area contributed by atoms with Crippen molar-refractivity contribution in [1.82, 2.24) is 0 Å². The second-order valence-corrected chi connectivity index (χ2v) is 10.7. The summed E-state index contributed by atoms with van der Waals surface area (Å²) in [5.74, 6) is 2.64. The van der Waals surface area contributed by atoms with E-state index < -0.39 is 0 Å². The molecule has 0 bridgehead atoms. The largest absolute Gasteiger partial charge is 0.493 e. The predicted molar refractivity (Wildman–Crippen MR) is 155 cm³/mol. The van der Waals surface area contributed by atoms with E-state index in [0.717, 1.165) is 44.0 Å². The van der Waals surface area contributed by atoms with Gasteiger partial charge in [-0.25, -0.2) is 0 Å². The lowest BCUT2D eigenvalue weighted by Gasteiger charge is -2.17. The fourth-order valence-electron chi connectivity index (χ4n) is 4.74. The summed E-state index contributed by atoms with van der Waals surface area (Å²) >= 11 is 0. The van der Waals surface area contributed by atoms with Crippen LogP contribution in [0.4, 0.5) is 0 Å². The molecule has 0 saturated heterocycles. The Labute approximate surface area is 220 Å². The number of unbranched alkanes of at least 4 members (excludes halogenated alkanes) is 14. The van der Waals surface area contributed by atoms with Crippen LogP contribution in [0, 0.1) is 5.92 Å². The van der Waals surface area contributed by atoms with Gasteiger partial charge in [-0.15, -0.1) is 0 Å². The van der Waals surface area contributed by atoms with E-state index in [1.54, 1.807) is 0 Å². The van der Waals surface area contributed by atoms with Gasteiger partial charge in [0.2, 0.25) is 0 Å². The van der Waals surface area contributed by atoms with Crippen LogP contribution in [0.2, 0.25) is 0 Å². The summed E-state index contributed by atoms with van der Waals surface area (Å²) in [6.45, 7) is 10.7. The van der Waals surface area contributed by atoms with Crippen LogP contribution >= 0.6 is 0 Å². The molecule has 0 fully saturated rings. The van der Waals surface area contributed by atoms with Gasteiger partial charge in [-0.3, -0.25) is 0 Å². The zero-order chi connectivity index (χ0) is 25.4. The van der Waals surface area contributed by atoms with E-state index in [1.165, 1.54) is 115 Å². The standard InChI is InChI=1S/C33H60O2/c1-5-9-12-13-14-15-16-17-18-19-20-21-22-24-31-26-32(34-25-11-7-3)28-33(27-31)35-29-30(8-4)23-10-6-2/h26-28,30H,5-25,29H2,1-4H3. The van der Waals surface area contributed by atoms with E-state index in [9.17, 15) is 0 Å². The minimum absolute atomic E-state index is 0.657. The van der Waals surface area contributed by atoms with Crippen LogP contribution < -0.4 is 9.47 Å². The predicted octanol–water partition coefficient (Wildman–Crippen LogP) is 11.1. The third-order valence-corrected chi connectivity index (χ3v) is 7.30. The quantitative estimate of drug-likeness (QED) is 0.127. The van der Waals surface area contributed by atoms with Crippen molar-refractivity contribution in [3.05, 3.63) is 23.8 Å². The third-order valence-electron chi connectivity index (χ3n) is 7.30. The molecular weight excluding hydrogens is 428 g/mol. The maximum absolute atomic E-state index is 6.28. The maximum Gasteiger partial charge on any atom is 0.123 e. The van der Waals surface area contributed by atoms with Crippen LogP contribution in [0.25, 0.3) is 0 Å². The average molecular weight is 489 g/mol. The lowest BCUT2D eigenvalue weighted by Crippen LogP contribution is -2.11. The highest BCUT2D eigenvalue weighted by Crippen LogP contribution is 2.26. The Morgan fingerprint density at radius 1 is 0.543 bits per heavy atom. The maximum atomic E-state index is 6.28. The van der Waals surface area contributed by atoms with E-state index in [0.29, 0.717) is 5.92 Å². The molecule has 1 rings (SSSR count). The highest BCUT2D eigenvalue weighted by atomic mass is 16.5. The van der Waals surface area contributed by atoms with Crippen molar-refractivity contribution in [2.75, 3.05) is 13.2 Å². The van der Waals surface area contributed by atoms with Gasteiger partial charge in [0.25, 0.3) is 0 Å². The van der Waals surface area contributed by atoms with Gasteiger partial charge in [-0.2, -0.15) is 0 Å². The summed E-state index contributed by atoms with van der Waals surface area (Å²) in [7, 11) is 0. The molecule has 0 aromatic heterocycles. The lowest BCUT2D eigenvalue weighted by atomic mass is 10.0. The summed E-state index contributed by atoms with van der Waals surface area (Å²) in [6, 6.07) is 6.62. The van der Waals surface area contributed by atoms with Gasteiger partial charge in [0.1, 0.15) is 11.5 Å². The molecule has 1 aromatic carbocycles. The molecule has 0 saturated carbocycles. The number of benzene rings is 1. The van der Waals surface area contributed by atoms with Crippen molar-refractivity contribution in [3.8, 4) is 11.5 Å². The zero-order valence-electron chi connectivity index (χ0n) is 24.2. The second-order valence-electron chi connectivity index (χ2n) is 10.7. The molecule has 0 radical (unpaired) electrons. The Bertz CT molecular complexity index is 582. The van der Waals surface area contributed by atoms with Crippen LogP contribution in [-0.4, -0.2) is 13.2 Å². The van der Waals surface area contributed by atoms with Gasteiger partial charge in [0.15, 0.2) is 0 Å². The Balaban J connectivity index is 2.34. The SMILES string of the molecule is CCCCCCCCCCCCCCCc1cc(OCCCC)cc(OCC(CC)CCCC)c1. The van der Waals surface area contributed by atoms with E-state index in [-0.39, 0.29) is 0 Å². The fraction of sp³-hybridized carbons (Fsp3) is 0.818. The Morgan fingerprint density at radius 2 is 1.06 bits per heavy atom. The van der Waals surface area contributed by atoms with Crippen LogP contribution in [0.15, 0.2) is 18.2 Å². The third kappa shape index (κ3) is 17.8. The Hall–Kier alpha value is -1.18. The molecule has 0 amide bonds. The smallest absolute Gasteiger partial charge is 0.123 e. The molecule has 0 N–H and O–H groups in total. The molecule has 35 heavy (non-hydrogen) atoms. The van der Waals surface area contributed by atoms with E-state index in [1.807, 2.05) is 0 Å². The number of hydrogen-bond donors (Lipinski definition) is 0. The molecule has 2 nitrogen and oxygen atoms in total. The highest BCUT2D eigenvalue weighted by molar-refractivity contribution is 5.38.